The molecule has 3 rings (SSSR count). The van der Waals surface area contributed by atoms with Crippen molar-refractivity contribution in [2.45, 2.75) is 44.1 Å². The zero-order chi connectivity index (χ0) is 16.9. The van der Waals surface area contributed by atoms with E-state index >= 15 is 0 Å². The van der Waals surface area contributed by atoms with Crippen LogP contribution in [-0.4, -0.2) is 20.4 Å². The molecule has 1 fully saturated rings. The van der Waals surface area contributed by atoms with Crippen LogP contribution in [0.15, 0.2) is 66.7 Å². The monoisotopic (exact) mass is 539 g/mol. The average Bonchev–Trinajstić information content (AvgIpc) is 2.89. The van der Waals surface area contributed by atoms with Crippen LogP contribution in [0.2, 0.25) is 0 Å². The van der Waals surface area contributed by atoms with E-state index in [0.717, 1.165) is 12.8 Å². The molecule has 125 valence electrons. The molecule has 0 bridgehead atoms. The molecule has 0 aliphatic heterocycles. The summed E-state index contributed by atoms with van der Waals surface area (Å²) >= 11 is -0.603. The molecule has 1 saturated carbocycles. The second-order valence-corrected chi connectivity index (χ2v) is 24.0. The third-order valence-corrected chi connectivity index (χ3v) is 22.8. The number of hydrogen-bond donors (Lipinski definition) is 0. The minimum absolute atomic E-state index is 0.264. The van der Waals surface area contributed by atoms with Gasteiger partial charge in [0, 0.05) is 0 Å². The van der Waals surface area contributed by atoms with E-state index in [0.29, 0.717) is 0 Å². The summed E-state index contributed by atoms with van der Waals surface area (Å²) in [6.45, 7) is 6.15. The third-order valence-electron chi connectivity index (χ3n) is 4.89. The molecule has 0 N–H and O–H groups in total. The SMILES string of the molecule is [CH+]=CC1([O][Sn-]([I])([c]2ccccc2)[c]2ccccc2)CCCCCC1. The van der Waals surface area contributed by atoms with Gasteiger partial charge in [-0.05, 0) is 0 Å². The van der Waals surface area contributed by atoms with E-state index in [1.54, 1.807) is 0 Å². The standard InChI is InChI=1S/C9H14O.2C6H5.HI.Sn/c1-2-9(10)7-5-3-4-6-8-9;2*1-2-4-6-5-3-1;;/h1-2H,3-8H2;2*1-5H;1H;/q;;;;+1/p-1. The summed E-state index contributed by atoms with van der Waals surface area (Å²) in [6.07, 6.45) is 8.94. The zero-order valence-electron chi connectivity index (χ0n) is 14.0. The van der Waals surface area contributed by atoms with Crippen LogP contribution in [0.5, 0.6) is 0 Å². The summed E-state index contributed by atoms with van der Waals surface area (Å²) in [4.78, 5) is 0. The van der Waals surface area contributed by atoms with Gasteiger partial charge in [0.2, 0.25) is 0 Å². The Bertz CT molecular complexity index is 609. The first-order valence-electron chi connectivity index (χ1n) is 8.75. The van der Waals surface area contributed by atoms with Gasteiger partial charge in [0.15, 0.2) is 0 Å². The molecule has 0 heterocycles. The Kier molecular flexibility index (Phi) is 6.36. The van der Waals surface area contributed by atoms with E-state index in [4.69, 9.17) is 9.65 Å². The second-order valence-electron chi connectivity index (χ2n) is 6.58. The number of hydrogen-bond acceptors (Lipinski definition) is 1. The van der Waals surface area contributed by atoms with Crippen LogP contribution < -0.4 is 7.16 Å². The fourth-order valence-corrected chi connectivity index (χ4v) is 18.8. The summed E-state index contributed by atoms with van der Waals surface area (Å²) in [7, 11) is 0. The van der Waals surface area contributed by atoms with Gasteiger partial charge in [-0.25, -0.2) is 0 Å². The van der Waals surface area contributed by atoms with Gasteiger partial charge in [0.1, 0.15) is 0 Å². The zero-order valence-corrected chi connectivity index (χ0v) is 19.0. The first-order chi connectivity index (χ1) is 11.7. The van der Waals surface area contributed by atoms with Crippen molar-refractivity contribution in [2.75, 3.05) is 0 Å². The van der Waals surface area contributed by atoms with Crippen molar-refractivity contribution in [3.8, 4) is 0 Å². The fraction of sp³-hybridized carbons (Fsp3) is 0.333. The number of rotatable bonds is 5. The van der Waals surface area contributed by atoms with Gasteiger partial charge < -0.3 is 0 Å². The van der Waals surface area contributed by atoms with E-state index in [-0.39, 0.29) is 5.60 Å². The Labute approximate surface area is 160 Å². The Hall–Kier alpha value is -0.421. The summed E-state index contributed by atoms with van der Waals surface area (Å²) in [5.74, 6) is 0. The summed E-state index contributed by atoms with van der Waals surface area (Å²) in [6, 6.07) is 21.6. The van der Waals surface area contributed by atoms with Gasteiger partial charge in [-0.3, -0.25) is 0 Å². The average molecular weight is 538 g/mol. The maximum absolute atomic E-state index is 7.08. The van der Waals surface area contributed by atoms with E-state index in [1.807, 2.05) is 6.08 Å². The van der Waals surface area contributed by atoms with Crippen LogP contribution in [0.4, 0.5) is 0 Å². The van der Waals surface area contributed by atoms with Crippen LogP contribution in [0.1, 0.15) is 38.5 Å². The van der Waals surface area contributed by atoms with Crippen molar-refractivity contribution in [3.63, 3.8) is 0 Å². The summed E-state index contributed by atoms with van der Waals surface area (Å²) in [5, 5.41) is 0. The number of benzene rings is 2. The van der Waals surface area contributed by atoms with Crippen molar-refractivity contribution in [1.29, 1.82) is 0 Å². The third kappa shape index (κ3) is 4.04. The molecule has 2 aromatic carbocycles. The van der Waals surface area contributed by atoms with E-state index in [1.165, 1.54) is 32.8 Å². The van der Waals surface area contributed by atoms with Crippen LogP contribution in [0.25, 0.3) is 0 Å². The predicted octanol–water partition coefficient (Wildman–Crippen LogP) is 4.78. The quantitative estimate of drug-likeness (QED) is 0.231. The van der Waals surface area contributed by atoms with Crippen LogP contribution in [0.3, 0.4) is 0 Å². The Morgan fingerprint density at radius 2 is 1.29 bits per heavy atom. The van der Waals surface area contributed by atoms with E-state index < -0.39 is 14.8 Å². The molecule has 1 aliphatic rings. The van der Waals surface area contributed by atoms with Gasteiger partial charge in [0.05, 0.1) is 0 Å². The van der Waals surface area contributed by atoms with E-state index in [9.17, 15) is 0 Å². The molecule has 0 unspecified atom stereocenters. The Morgan fingerprint density at radius 1 is 0.833 bits per heavy atom. The Morgan fingerprint density at radius 3 is 1.71 bits per heavy atom. The topological polar surface area (TPSA) is 9.23 Å². The van der Waals surface area contributed by atoms with Gasteiger partial charge in [0.25, 0.3) is 0 Å². The molecular formula is C21H24IOSn. The van der Waals surface area contributed by atoms with Gasteiger partial charge in [-0.2, -0.15) is 0 Å². The number of halogens is 1. The van der Waals surface area contributed by atoms with Crippen molar-refractivity contribution in [2.24, 2.45) is 0 Å². The molecule has 24 heavy (non-hydrogen) atoms. The van der Waals surface area contributed by atoms with Crippen LogP contribution in [-0.2, 0) is 3.07 Å². The normalized spacial score (nSPS) is 17.8. The molecule has 2 aromatic rings. The Balaban J connectivity index is 2.03. The molecule has 1 nitrogen and oxygen atoms in total. The second kappa shape index (κ2) is 8.31. The molecule has 0 saturated heterocycles. The molecular weight excluding hydrogens is 514 g/mol. The molecule has 1 aliphatic carbocycles. The first-order valence-corrected chi connectivity index (χ1v) is 21.1. The summed E-state index contributed by atoms with van der Waals surface area (Å²) < 4.78 is 9.81. The van der Waals surface area contributed by atoms with Gasteiger partial charge in [-0.15, -0.1) is 0 Å². The molecule has 0 spiro atoms. The first kappa shape index (κ1) is 18.4. The van der Waals surface area contributed by atoms with Crippen molar-refractivity contribution < 1.29 is 3.07 Å². The van der Waals surface area contributed by atoms with Crippen molar-refractivity contribution in [1.82, 2.24) is 0 Å². The van der Waals surface area contributed by atoms with Crippen molar-refractivity contribution in [3.05, 3.63) is 73.3 Å². The van der Waals surface area contributed by atoms with E-state index in [2.05, 4.69) is 79.3 Å². The van der Waals surface area contributed by atoms with Crippen LogP contribution >= 0.6 is 18.6 Å². The molecule has 0 atom stereocenters. The predicted molar refractivity (Wildman–Crippen MR) is 112 cm³/mol. The molecule has 0 aromatic heterocycles. The maximum atomic E-state index is 7.08. The van der Waals surface area contributed by atoms with Crippen molar-refractivity contribution >= 4 is 40.6 Å². The fourth-order valence-electron chi connectivity index (χ4n) is 3.50. The molecule has 3 heteroatoms. The molecule has 0 radical (unpaired) electrons. The minimum atomic E-state index is -3.27. The van der Waals surface area contributed by atoms with Gasteiger partial charge >= 0.3 is 161 Å². The van der Waals surface area contributed by atoms with Crippen LogP contribution in [0, 0.1) is 6.58 Å². The van der Waals surface area contributed by atoms with Gasteiger partial charge in [-0.1, -0.05) is 0 Å². The summed E-state index contributed by atoms with van der Waals surface area (Å²) in [5.41, 5.74) is -0.264. The molecule has 0 amide bonds.